The molecule has 160 valence electrons. The lowest BCUT2D eigenvalue weighted by molar-refractivity contribution is -0.120. The first kappa shape index (κ1) is 21.1. The number of halogens is 1. The number of carbonyl (C=O) groups is 3. The monoisotopic (exact) mass is 437 g/mol. The number of hydrogen-bond acceptors (Lipinski definition) is 4. The van der Waals surface area contributed by atoms with E-state index in [2.05, 4.69) is 10.6 Å². The lowest BCUT2D eigenvalue weighted by Gasteiger charge is -2.16. The molecule has 2 aliphatic rings. The van der Waals surface area contributed by atoms with Gasteiger partial charge in [-0.15, -0.1) is 0 Å². The Labute approximate surface area is 186 Å². The van der Waals surface area contributed by atoms with Crippen LogP contribution in [0.15, 0.2) is 53.2 Å². The van der Waals surface area contributed by atoms with Gasteiger partial charge in [0.05, 0.1) is 5.69 Å². The van der Waals surface area contributed by atoms with E-state index >= 15 is 0 Å². The fourth-order valence-electron chi connectivity index (χ4n) is 4.11. The summed E-state index contributed by atoms with van der Waals surface area (Å²) in [5, 5.41) is 5.83. The standard InChI is InChI=1S/C24H24ClN3O3/c1-14-11-15(2)13-19(12-14)28-23(30)20(25)21(24(28)31)26-18-9-7-16(8-10-18)22(29)27-17-5-3-4-6-17/h7-13,17,26H,3-6H2,1-2H3,(H,27,29). The number of amides is 3. The van der Waals surface area contributed by atoms with Gasteiger partial charge in [-0.1, -0.05) is 30.5 Å². The Bertz CT molecular complexity index is 1070. The highest BCUT2D eigenvalue weighted by Crippen LogP contribution is 2.31. The van der Waals surface area contributed by atoms with Crippen molar-refractivity contribution in [3.63, 3.8) is 0 Å². The summed E-state index contributed by atoms with van der Waals surface area (Å²) >= 11 is 6.22. The number of hydrogen-bond donors (Lipinski definition) is 2. The number of nitrogens with zero attached hydrogens (tertiary/aromatic N) is 1. The lowest BCUT2D eigenvalue weighted by Crippen LogP contribution is -2.32. The molecule has 3 amide bonds. The maximum absolute atomic E-state index is 13.0. The van der Waals surface area contributed by atoms with E-state index in [9.17, 15) is 14.4 Å². The van der Waals surface area contributed by atoms with Crippen molar-refractivity contribution in [3.8, 4) is 0 Å². The van der Waals surface area contributed by atoms with Crippen LogP contribution in [0, 0.1) is 13.8 Å². The maximum atomic E-state index is 13.0. The summed E-state index contributed by atoms with van der Waals surface area (Å²) in [6.07, 6.45) is 4.33. The van der Waals surface area contributed by atoms with Crippen LogP contribution in [0.1, 0.15) is 47.2 Å². The van der Waals surface area contributed by atoms with Gasteiger partial charge in [-0.2, -0.15) is 0 Å². The molecule has 0 saturated heterocycles. The van der Waals surface area contributed by atoms with Gasteiger partial charge in [-0.25, -0.2) is 4.90 Å². The van der Waals surface area contributed by atoms with Gasteiger partial charge in [0.25, 0.3) is 17.7 Å². The van der Waals surface area contributed by atoms with E-state index in [0.29, 0.717) is 16.9 Å². The van der Waals surface area contributed by atoms with Crippen LogP contribution in [-0.2, 0) is 9.59 Å². The van der Waals surface area contributed by atoms with Crippen LogP contribution in [0.3, 0.4) is 0 Å². The number of imide groups is 1. The van der Waals surface area contributed by atoms with Crippen molar-refractivity contribution in [2.24, 2.45) is 0 Å². The summed E-state index contributed by atoms with van der Waals surface area (Å²) in [6, 6.07) is 12.5. The Morgan fingerprint density at radius 3 is 2.19 bits per heavy atom. The van der Waals surface area contributed by atoms with Crippen molar-refractivity contribution >= 4 is 40.7 Å². The summed E-state index contributed by atoms with van der Waals surface area (Å²) in [5.41, 5.74) is 3.51. The van der Waals surface area contributed by atoms with Crippen molar-refractivity contribution < 1.29 is 14.4 Å². The molecule has 1 heterocycles. The number of nitrogens with one attached hydrogen (secondary N) is 2. The van der Waals surface area contributed by atoms with Crippen LogP contribution in [-0.4, -0.2) is 23.8 Å². The largest absolute Gasteiger partial charge is 0.350 e. The third-order valence-corrected chi connectivity index (χ3v) is 5.95. The summed E-state index contributed by atoms with van der Waals surface area (Å²) in [7, 11) is 0. The van der Waals surface area contributed by atoms with Crippen molar-refractivity contribution in [3.05, 3.63) is 69.9 Å². The molecule has 1 aliphatic heterocycles. The van der Waals surface area contributed by atoms with Gasteiger partial charge in [0.2, 0.25) is 0 Å². The van der Waals surface area contributed by atoms with E-state index in [-0.39, 0.29) is 22.7 Å². The Morgan fingerprint density at radius 2 is 1.58 bits per heavy atom. The minimum Gasteiger partial charge on any atom is -0.350 e. The Kier molecular flexibility index (Phi) is 5.83. The fraction of sp³-hybridized carbons (Fsp3) is 0.292. The van der Waals surface area contributed by atoms with Gasteiger partial charge in [-0.3, -0.25) is 14.4 Å². The molecule has 1 aliphatic carbocycles. The Morgan fingerprint density at radius 1 is 0.968 bits per heavy atom. The van der Waals surface area contributed by atoms with Gasteiger partial charge < -0.3 is 10.6 Å². The fourth-order valence-corrected chi connectivity index (χ4v) is 4.33. The second kappa shape index (κ2) is 8.55. The summed E-state index contributed by atoms with van der Waals surface area (Å²) < 4.78 is 0. The maximum Gasteiger partial charge on any atom is 0.283 e. The van der Waals surface area contributed by atoms with Gasteiger partial charge in [0.15, 0.2) is 0 Å². The molecule has 2 aromatic carbocycles. The third-order valence-electron chi connectivity index (χ3n) is 5.60. The van der Waals surface area contributed by atoms with Crippen LogP contribution in [0.25, 0.3) is 0 Å². The topological polar surface area (TPSA) is 78.5 Å². The van der Waals surface area contributed by atoms with Crippen LogP contribution < -0.4 is 15.5 Å². The summed E-state index contributed by atoms with van der Waals surface area (Å²) in [5.74, 6) is -1.18. The Balaban J connectivity index is 1.49. The number of rotatable bonds is 5. The lowest BCUT2D eigenvalue weighted by atomic mass is 10.1. The van der Waals surface area contributed by atoms with Crippen molar-refractivity contribution in [2.75, 3.05) is 10.2 Å². The average Bonchev–Trinajstić information content (AvgIpc) is 3.30. The predicted octanol–water partition coefficient (Wildman–Crippen LogP) is 4.41. The molecule has 4 rings (SSSR count). The number of aryl methyl sites for hydroxylation is 2. The van der Waals surface area contributed by atoms with Gasteiger partial charge in [0.1, 0.15) is 10.7 Å². The minimum atomic E-state index is -0.563. The molecule has 0 bridgehead atoms. The first-order valence-electron chi connectivity index (χ1n) is 10.4. The van der Waals surface area contributed by atoms with E-state index in [4.69, 9.17) is 11.6 Å². The van der Waals surface area contributed by atoms with E-state index in [1.165, 1.54) is 0 Å². The van der Waals surface area contributed by atoms with Crippen LogP contribution in [0.5, 0.6) is 0 Å². The minimum absolute atomic E-state index is 0.0222. The predicted molar refractivity (Wildman–Crippen MR) is 121 cm³/mol. The van der Waals surface area contributed by atoms with Crippen molar-refractivity contribution in [1.29, 1.82) is 0 Å². The molecule has 0 atom stereocenters. The second-order valence-corrected chi connectivity index (χ2v) is 8.52. The zero-order chi connectivity index (χ0) is 22.1. The molecule has 2 aromatic rings. The molecular formula is C24H24ClN3O3. The molecule has 0 spiro atoms. The highest BCUT2D eigenvalue weighted by atomic mass is 35.5. The van der Waals surface area contributed by atoms with Crippen LogP contribution >= 0.6 is 11.6 Å². The molecule has 0 aromatic heterocycles. The normalized spacial score (nSPS) is 16.9. The van der Waals surface area contributed by atoms with Crippen molar-refractivity contribution in [1.82, 2.24) is 5.32 Å². The molecule has 0 unspecified atom stereocenters. The molecular weight excluding hydrogens is 414 g/mol. The zero-order valence-electron chi connectivity index (χ0n) is 17.5. The summed E-state index contributed by atoms with van der Waals surface area (Å²) in [6.45, 7) is 3.81. The number of benzene rings is 2. The number of anilines is 2. The Hall–Kier alpha value is -3.12. The molecule has 1 saturated carbocycles. The first-order valence-corrected chi connectivity index (χ1v) is 10.8. The quantitative estimate of drug-likeness (QED) is 0.679. The van der Waals surface area contributed by atoms with Crippen LogP contribution in [0.2, 0.25) is 0 Å². The van der Waals surface area contributed by atoms with Crippen LogP contribution in [0.4, 0.5) is 11.4 Å². The highest BCUT2D eigenvalue weighted by molar-refractivity contribution is 6.53. The van der Waals surface area contributed by atoms with Gasteiger partial charge in [0, 0.05) is 17.3 Å². The molecule has 7 heteroatoms. The van der Waals surface area contributed by atoms with E-state index < -0.39 is 11.8 Å². The molecule has 31 heavy (non-hydrogen) atoms. The molecule has 0 radical (unpaired) electrons. The smallest absolute Gasteiger partial charge is 0.283 e. The third kappa shape index (κ3) is 4.35. The molecule has 6 nitrogen and oxygen atoms in total. The van der Waals surface area contributed by atoms with E-state index in [0.717, 1.165) is 41.7 Å². The van der Waals surface area contributed by atoms with E-state index in [1.807, 2.05) is 19.9 Å². The van der Waals surface area contributed by atoms with Gasteiger partial charge in [-0.05, 0) is 74.2 Å². The first-order chi connectivity index (χ1) is 14.8. The van der Waals surface area contributed by atoms with Gasteiger partial charge >= 0.3 is 0 Å². The summed E-state index contributed by atoms with van der Waals surface area (Å²) in [4.78, 5) is 39.1. The average molecular weight is 438 g/mol. The SMILES string of the molecule is Cc1cc(C)cc(N2C(=O)C(Cl)=C(Nc3ccc(C(=O)NC4CCCC4)cc3)C2=O)c1. The molecule has 1 fully saturated rings. The highest BCUT2D eigenvalue weighted by Gasteiger charge is 2.39. The van der Waals surface area contributed by atoms with Crippen molar-refractivity contribution in [2.45, 2.75) is 45.6 Å². The molecule has 2 N–H and O–H groups in total. The number of carbonyl (C=O) groups excluding carboxylic acids is 3. The second-order valence-electron chi connectivity index (χ2n) is 8.14. The zero-order valence-corrected chi connectivity index (χ0v) is 18.3. The van der Waals surface area contributed by atoms with E-state index in [1.54, 1.807) is 36.4 Å².